The molecule has 1 aliphatic carbocycles. The second-order valence-corrected chi connectivity index (χ2v) is 5.29. The summed E-state index contributed by atoms with van der Waals surface area (Å²) in [5.74, 6) is 0.152. The second-order valence-electron chi connectivity index (χ2n) is 5.29. The van der Waals surface area contributed by atoms with Crippen LogP contribution in [0.2, 0.25) is 0 Å². The van der Waals surface area contributed by atoms with Crippen molar-refractivity contribution in [3.8, 4) is 0 Å². The fourth-order valence-electron chi connectivity index (χ4n) is 2.78. The van der Waals surface area contributed by atoms with E-state index in [0.717, 1.165) is 18.4 Å². The summed E-state index contributed by atoms with van der Waals surface area (Å²) in [6.07, 6.45) is 7.67. The predicted molar refractivity (Wildman–Crippen MR) is 76.7 cm³/mol. The summed E-state index contributed by atoms with van der Waals surface area (Å²) in [6.45, 7) is 1.56. The van der Waals surface area contributed by atoms with Gasteiger partial charge in [0.15, 0.2) is 0 Å². The molecule has 1 saturated carbocycles. The molecule has 1 fully saturated rings. The first kappa shape index (κ1) is 13.7. The maximum absolute atomic E-state index is 12.1. The highest BCUT2D eigenvalue weighted by Crippen LogP contribution is 2.37. The Labute approximate surface area is 114 Å². The minimum atomic E-state index is -0.746. The first-order valence-corrected chi connectivity index (χ1v) is 6.91. The van der Waals surface area contributed by atoms with E-state index in [1.54, 1.807) is 6.92 Å². The van der Waals surface area contributed by atoms with Crippen molar-refractivity contribution < 1.29 is 9.59 Å². The van der Waals surface area contributed by atoms with Crippen molar-refractivity contribution >= 4 is 17.6 Å². The summed E-state index contributed by atoms with van der Waals surface area (Å²) in [5.41, 5.74) is 0.355. The zero-order chi connectivity index (χ0) is 13.7. The maximum Gasteiger partial charge on any atom is 0.146 e. The highest BCUT2D eigenvalue weighted by atomic mass is 16.2. The largest absolute Gasteiger partial charge is 0.299 e. The van der Waals surface area contributed by atoms with Gasteiger partial charge in [-0.25, -0.2) is 0 Å². The SMILES string of the molecule is CC(=O)[C@]1(C/C=C/c2ccccc2)CCCCC1=O. The van der Waals surface area contributed by atoms with Crippen LogP contribution >= 0.6 is 0 Å². The van der Waals surface area contributed by atoms with Crippen molar-refractivity contribution in [1.29, 1.82) is 0 Å². The second kappa shape index (κ2) is 5.96. The average molecular weight is 256 g/mol. The number of Topliss-reactive ketones (excluding diaryl/α,β-unsaturated/α-hetero) is 2. The number of carbonyl (C=O) groups is 2. The third-order valence-corrected chi connectivity index (χ3v) is 4.04. The number of rotatable bonds is 4. The number of hydrogen-bond donors (Lipinski definition) is 0. The van der Waals surface area contributed by atoms with Crippen molar-refractivity contribution in [3.63, 3.8) is 0 Å². The van der Waals surface area contributed by atoms with Crippen LogP contribution in [-0.4, -0.2) is 11.6 Å². The van der Waals surface area contributed by atoms with Crippen LogP contribution in [0.3, 0.4) is 0 Å². The van der Waals surface area contributed by atoms with E-state index in [4.69, 9.17) is 0 Å². The fourth-order valence-corrected chi connectivity index (χ4v) is 2.78. The van der Waals surface area contributed by atoms with Gasteiger partial charge in [-0.05, 0) is 31.7 Å². The van der Waals surface area contributed by atoms with Gasteiger partial charge in [-0.3, -0.25) is 9.59 Å². The van der Waals surface area contributed by atoms with Gasteiger partial charge in [0.05, 0.1) is 5.41 Å². The van der Waals surface area contributed by atoms with Crippen molar-refractivity contribution in [2.75, 3.05) is 0 Å². The van der Waals surface area contributed by atoms with E-state index in [1.807, 2.05) is 42.5 Å². The molecule has 1 aromatic rings. The Hall–Kier alpha value is -1.70. The molecule has 0 saturated heterocycles. The van der Waals surface area contributed by atoms with Gasteiger partial charge in [0.1, 0.15) is 11.6 Å². The summed E-state index contributed by atoms with van der Waals surface area (Å²) in [5, 5.41) is 0. The molecule has 1 aromatic carbocycles. The van der Waals surface area contributed by atoms with E-state index in [0.29, 0.717) is 19.3 Å². The van der Waals surface area contributed by atoms with Gasteiger partial charge in [0.25, 0.3) is 0 Å². The van der Waals surface area contributed by atoms with E-state index < -0.39 is 5.41 Å². The quantitative estimate of drug-likeness (QED) is 0.768. The van der Waals surface area contributed by atoms with E-state index in [2.05, 4.69) is 0 Å². The lowest BCUT2D eigenvalue weighted by Gasteiger charge is -2.32. The molecule has 0 amide bonds. The number of hydrogen-bond acceptors (Lipinski definition) is 2. The van der Waals surface area contributed by atoms with E-state index >= 15 is 0 Å². The minimum Gasteiger partial charge on any atom is -0.299 e. The molecule has 0 bridgehead atoms. The van der Waals surface area contributed by atoms with E-state index in [9.17, 15) is 9.59 Å². The predicted octanol–water partition coefficient (Wildman–Crippen LogP) is 3.81. The smallest absolute Gasteiger partial charge is 0.146 e. The number of benzene rings is 1. The minimum absolute atomic E-state index is 0.0231. The summed E-state index contributed by atoms with van der Waals surface area (Å²) in [7, 11) is 0. The molecule has 2 heteroatoms. The van der Waals surface area contributed by atoms with Crippen LogP contribution in [0.4, 0.5) is 0 Å². The Bertz CT molecular complexity index is 487. The van der Waals surface area contributed by atoms with Crippen LogP contribution in [0.15, 0.2) is 36.4 Å². The zero-order valence-electron chi connectivity index (χ0n) is 11.4. The Morgan fingerprint density at radius 3 is 2.63 bits per heavy atom. The Morgan fingerprint density at radius 2 is 2.00 bits per heavy atom. The standard InChI is InChI=1S/C17H20O2/c1-14(18)17(12-6-5-11-16(17)19)13-7-10-15-8-3-2-4-9-15/h2-4,7-10H,5-6,11-13H2,1H3/b10-7+/t17-/m1/s1. The molecule has 0 radical (unpaired) electrons. The lowest BCUT2D eigenvalue weighted by Crippen LogP contribution is -2.40. The zero-order valence-corrected chi connectivity index (χ0v) is 11.4. The fraction of sp³-hybridized carbons (Fsp3) is 0.412. The van der Waals surface area contributed by atoms with Gasteiger partial charge >= 0.3 is 0 Å². The van der Waals surface area contributed by atoms with Gasteiger partial charge in [0, 0.05) is 6.42 Å². The summed E-state index contributed by atoms with van der Waals surface area (Å²) < 4.78 is 0. The topological polar surface area (TPSA) is 34.1 Å². The Balaban J connectivity index is 2.12. The molecule has 0 heterocycles. The molecule has 0 aliphatic heterocycles. The van der Waals surface area contributed by atoms with E-state index in [1.165, 1.54) is 0 Å². The van der Waals surface area contributed by atoms with Gasteiger partial charge < -0.3 is 0 Å². The van der Waals surface area contributed by atoms with Crippen molar-refractivity contribution in [3.05, 3.63) is 42.0 Å². The highest BCUT2D eigenvalue weighted by molar-refractivity contribution is 6.06. The molecule has 0 aromatic heterocycles. The molecule has 0 unspecified atom stereocenters. The maximum atomic E-state index is 12.1. The van der Waals surface area contributed by atoms with E-state index in [-0.39, 0.29) is 11.6 Å². The van der Waals surface area contributed by atoms with Crippen LogP contribution in [0, 0.1) is 5.41 Å². The molecular weight excluding hydrogens is 236 g/mol. The third-order valence-electron chi connectivity index (χ3n) is 4.04. The highest BCUT2D eigenvalue weighted by Gasteiger charge is 2.42. The normalized spacial score (nSPS) is 23.7. The molecule has 100 valence electrons. The molecule has 19 heavy (non-hydrogen) atoms. The molecular formula is C17H20O2. The molecule has 0 spiro atoms. The first-order chi connectivity index (χ1) is 9.15. The number of allylic oxidation sites excluding steroid dienone is 1. The number of ketones is 2. The lowest BCUT2D eigenvalue weighted by molar-refractivity contribution is -0.141. The van der Waals surface area contributed by atoms with Crippen LogP contribution < -0.4 is 0 Å². The van der Waals surface area contributed by atoms with Crippen molar-refractivity contribution in [2.24, 2.45) is 5.41 Å². The molecule has 1 aliphatic rings. The van der Waals surface area contributed by atoms with Crippen LogP contribution in [0.25, 0.3) is 6.08 Å². The summed E-state index contributed by atoms with van der Waals surface area (Å²) >= 11 is 0. The third kappa shape index (κ3) is 3.01. The molecule has 2 nitrogen and oxygen atoms in total. The van der Waals surface area contributed by atoms with Gasteiger partial charge in [0.2, 0.25) is 0 Å². The summed E-state index contributed by atoms with van der Waals surface area (Å²) in [4.78, 5) is 24.1. The van der Waals surface area contributed by atoms with Gasteiger partial charge in [-0.15, -0.1) is 0 Å². The summed E-state index contributed by atoms with van der Waals surface area (Å²) in [6, 6.07) is 9.96. The van der Waals surface area contributed by atoms with Crippen molar-refractivity contribution in [2.45, 2.75) is 39.0 Å². The lowest BCUT2D eigenvalue weighted by atomic mass is 9.68. The average Bonchev–Trinajstić information content (AvgIpc) is 2.42. The van der Waals surface area contributed by atoms with Gasteiger partial charge in [-0.2, -0.15) is 0 Å². The Kier molecular flexibility index (Phi) is 4.31. The Morgan fingerprint density at radius 1 is 1.26 bits per heavy atom. The van der Waals surface area contributed by atoms with Crippen molar-refractivity contribution in [1.82, 2.24) is 0 Å². The first-order valence-electron chi connectivity index (χ1n) is 6.91. The van der Waals surface area contributed by atoms with Crippen LogP contribution in [0.5, 0.6) is 0 Å². The van der Waals surface area contributed by atoms with Crippen LogP contribution in [0.1, 0.15) is 44.6 Å². The molecule has 2 rings (SSSR count). The van der Waals surface area contributed by atoms with Gasteiger partial charge in [-0.1, -0.05) is 48.9 Å². The monoisotopic (exact) mass is 256 g/mol. The number of carbonyl (C=O) groups excluding carboxylic acids is 2. The molecule has 1 atom stereocenters. The van der Waals surface area contributed by atoms with Crippen LogP contribution in [-0.2, 0) is 9.59 Å². The molecule has 0 N–H and O–H groups in total.